The van der Waals surface area contributed by atoms with Crippen molar-refractivity contribution in [1.29, 1.82) is 0 Å². The number of amides is 1. The second-order valence-corrected chi connectivity index (χ2v) is 7.37. The van der Waals surface area contributed by atoms with Gasteiger partial charge in [0.2, 0.25) is 5.91 Å². The molecule has 1 N–H and O–H groups in total. The number of benzene rings is 2. The number of carbonyl (C=O) groups excluding carboxylic acids is 1. The summed E-state index contributed by atoms with van der Waals surface area (Å²) in [6.45, 7) is 4.96. The molecule has 7 heteroatoms. The summed E-state index contributed by atoms with van der Waals surface area (Å²) in [6, 6.07) is 11.4. The van der Waals surface area contributed by atoms with E-state index in [1.807, 2.05) is 50.2 Å². The average molecular weight is 531 g/mol. The highest BCUT2D eigenvalue weighted by Gasteiger charge is 2.11. The Balaban J connectivity index is 2.02. The fraction of sp³-hybridized carbons (Fsp3) is 0.263. The van der Waals surface area contributed by atoms with Crippen LogP contribution in [0.5, 0.6) is 11.5 Å². The monoisotopic (exact) mass is 530 g/mol. The van der Waals surface area contributed by atoms with Gasteiger partial charge >= 0.3 is 0 Å². The second-order valence-electron chi connectivity index (χ2n) is 5.29. The third kappa shape index (κ3) is 6.28. The largest absolute Gasteiger partial charge is 0.490 e. The summed E-state index contributed by atoms with van der Waals surface area (Å²) in [5, 5.41) is 4.04. The third-order valence-electron chi connectivity index (χ3n) is 3.30. The van der Waals surface area contributed by atoms with E-state index in [0.29, 0.717) is 19.0 Å². The fourth-order valence-electron chi connectivity index (χ4n) is 2.22. The summed E-state index contributed by atoms with van der Waals surface area (Å²) in [5.41, 5.74) is 4.30. The number of hydrazone groups is 1. The van der Waals surface area contributed by atoms with Crippen LogP contribution in [0.2, 0.25) is 0 Å². The quantitative estimate of drug-likeness (QED) is 0.309. The van der Waals surface area contributed by atoms with E-state index in [1.54, 1.807) is 6.21 Å². The topological polar surface area (TPSA) is 59.9 Å². The number of carbonyl (C=O) groups is 1. The number of nitrogens with one attached hydrogen (secondary N) is 1. The maximum Gasteiger partial charge on any atom is 0.244 e. The molecule has 1 amide bonds. The SMILES string of the molecule is CCOc1cc(/C=N/NC(=O)Cc2ccc(Br)cc2)cc(I)c1OCC. The van der Waals surface area contributed by atoms with Gasteiger partial charge in [-0.25, -0.2) is 5.43 Å². The molecule has 0 saturated heterocycles. The van der Waals surface area contributed by atoms with Gasteiger partial charge in [-0.15, -0.1) is 0 Å². The average Bonchev–Trinajstić information content (AvgIpc) is 2.60. The number of halogens is 2. The molecule has 0 spiro atoms. The molecule has 0 bridgehead atoms. The van der Waals surface area contributed by atoms with Gasteiger partial charge in [-0.3, -0.25) is 4.79 Å². The van der Waals surface area contributed by atoms with Crippen molar-refractivity contribution in [2.75, 3.05) is 13.2 Å². The Morgan fingerprint density at radius 2 is 1.88 bits per heavy atom. The summed E-state index contributed by atoms with van der Waals surface area (Å²) in [7, 11) is 0. The molecule has 0 aliphatic heterocycles. The van der Waals surface area contributed by atoms with Crippen molar-refractivity contribution in [3.63, 3.8) is 0 Å². The van der Waals surface area contributed by atoms with Gasteiger partial charge in [0, 0.05) is 4.47 Å². The Morgan fingerprint density at radius 3 is 2.54 bits per heavy atom. The maximum atomic E-state index is 12.0. The first-order chi connectivity index (χ1) is 12.5. The molecule has 0 aromatic heterocycles. The Morgan fingerprint density at radius 1 is 1.19 bits per heavy atom. The summed E-state index contributed by atoms with van der Waals surface area (Å²) >= 11 is 5.57. The van der Waals surface area contributed by atoms with Gasteiger partial charge < -0.3 is 9.47 Å². The zero-order chi connectivity index (χ0) is 18.9. The Kier molecular flexibility index (Phi) is 8.37. The third-order valence-corrected chi connectivity index (χ3v) is 4.63. The van der Waals surface area contributed by atoms with Gasteiger partial charge in [-0.05, 0) is 71.8 Å². The molecule has 138 valence electrons. The molecule has 0 aliphatic carbocycles. The molecule has 0 heterocycles. The molecule has 0 atom stereocenters. The normalized spacial score (nSPS) is 10.8. The van der Waals surface area contributed by atoms with E-state index in [2.05, 4.69) is 49.0 Å². The van der Waals surface area contributed by atoms with Gasteiger partial charge in [-0.2, -0.15) is 5.10 Å². The van der Waals surface area contributed by atoms with Crippen LogP contribution < -0.4 is 14.9 Å². The zero-order valence-electron chi connectivity index (χ0n) is 14.6. The molecule has 0 saturated carbocycles. The van der Waals surface area contributed by atoms with Crippen molar-refractivity contribution in [1.82, 2.24) is 5.43 Å². The van der Waals surface area contributed by atoms with Crippen molar-refractivity contribution >= 4 is 50.6 Å². The summed E-state index contributed by atoms with van der Waals surface area (Å²) in [6.07, 6.45) is 1.87. The lowest BCUT2D eigenvalue weighted by Crippen LogP contribution is -2.19. The number of rotatable bonds is 8. The van der Waals surface area contributed by atoms with Crippen LogP contribution in [0.25, 0.3) is 0 Å². The van der Waals surface area contributed by atoms with Gasteiger partial charge in [0.15, 0.2) is 11.5 Å². The molecule has 2 rings (SSSR count). The molecule has 0 aliphatic rings. The predicted octanol–water partition coefficient (Wildman–Crippen LogP) is 4.54. The van der Waals surface area contributed by atoms with Crippen molar-refractivity contribution in [3.05, 3.63) is 55.6 Å². The predicted molar refractivity (Wildman–Crippen MR) is 115 cm³/mol. The van der Waals surface area contributed by atoms with Gasteiger partial charge in [-0.1, -0.05) is 28.1 Å². The molecule has 2 aromatic carbocycles. The van der Waals surface area contributed by atoms with E-state index >= 15 is 0 Å². The lowest BCUT2D eigenvalue weighted by Gasteiger charge is -2.13. The van der Waals surface area contributed by atoms with E-state index in [9.17, 15) is 4.79 Å². The zero-order valence-corrected chi connectivity index (χ0v) is 18.3. The van der Waals surface area contributed by atoms with E-state index in [1.165, 1.54) is 0 Å². The summed E-state index contributed by atoms with van der Waals surface area (Å²) in [5.74, 6) is 1.23. The number of ether oxygens (including phenoxy) is 2. The first-order valence-electron chi connectivity index (χ1n) is 8.19. The molecule has 2 aromatic rings. The van der Waals surface area contributed by atoms with Crippen LogP contribution in [0.4, 0.5) is 0 Å². The molecule has 26 heavy (non-hydrogen) atoms. The van der Waals surface area contributed by atoms with E-state index in [-0.39, 0.29) is 12.3 Å². The first kappa shape index (κ1) is 20.7. The highest BCUT2D eigenvalue weighted by atomic mass is 127. The molecule has 0 radical (unpaired) electrons. The van der Waals surface area contributed by atoms with Crippen LogP contribution in [0.1, 0.15) is 25.0 Å². The summed E-state index contributed by atoms with van der Waals surface area (Å²) < 4.78 is 13.2. The van der Waals surface area contributed by atoms with Crippen molar-refractivity contribution in [2.24, 2.45) is 5.10 Å². The van der Waals surface area contributed by atoms with Gasteiger partial charge in [0.1, 0.15) is 0 Å². The van der Waals surface area contributed by atoms with Gasteiger partial charge in [0.05, 0.1) is 29.4 Å². The highest BCUT2D eigenvalue weighted by molar-refractivity contribution is 14.1. The van der Waals surface area contributed by atoms with E-state index < -0.39 is 0 Å². The van der Waals surface area contributed by atoms with Crippen molar-refractivity contribution < 1.29 is 14.3 Å². The van der Waals surface area contributed by atoms with Crippen LogP contribution in [0.15, 0.2) is 46.0 Å². The molecule has 5 nitrogen and oxygen atoms in total. The minimum absolute atomic E-state index is 0.172. The van der Waals surface area contributed by atoms with Crippen molar-refractivity contribution in [3.8, 4) is 11.5 Å². The first-order valence-corrected chi connectivity index (χ1v) is 10.1. The van der Waals surface area contributed by atoms with Crippen LogP contribution >= 0.6 is 38.5 Å². The molecular weight excluding hydrogens is 511 g/mol. The van der Waals surface area contributed by atoms with E-state index in [4.69, 9.17) is 9.47 Å². The number of nitrogens with zero attached hydrogens (tertiary/aromatic N) is 1. The fourth-order valence-corrected chi connectivity index (χ4v) is 3.26. The minimum atomic E-state index is -0.172. The number of hydrogen-bond acceptors (Lipinski definition) is 4. The number of hydrogen-bond donors (Lipinski definition) is 1. The lowest BCUT2D eigenvalue weighted by molar-refractivity contribution is -0.120. The Bertz CT molecular complexity index is 779. The van der Waals surface area contributed by atoms with Gasteiger partial charge in [0.25, 0.3) is 0 Å². The van der Waals surface area contributed by atoms with Crippen LogP contribution in [-0.4, -0.2) is 25.3 Å². The summed E-state index contributed by atoms with van der Waals surface area (Å²) in [4.78, 5) is 12.0. The Labute approximate surface area is 175 Å². The van der Waals surface area contributed by atoms with E-state index in [0.717, 1.165) is 24.9 Å². The van der Waals surface area contributed by atoms with Crippen molar-refractivity contribution in [2.45, 2.75) is 20.3 Å². The highest BCUT2D eigenvalue weighted by Crippen LogP contribution is 2.33. The smallest absolute Gasteiger partial charge is 0.244 e. The lowest BCUT2D eigenvalue weighted by atomic mass is 10.1. The standard InChI is InChI=1S/C19H20BrIN2O3/c1-3-25-17-10-14(9-16(21)19(17)26-4-2)12-22-23-18(24)11-13-5-7-15(20)8-6-13/h5-10,12H,3-4,11H2,1-2H3,(H,23,24)/b22-12+. The van der Waals surface area contributed by atoms with Crippen LogP contribution in [-0.2, 0) is 11.2 Å². The minimum Gasteiger partial charge on any atom is -0.490 e. The molecule has 0 fully saturated rings. The maximum absolute atomic E-state index is 12.0. The molecule has 0 unspecified atom stereocenters. The Hall–Kier alpha value is -1.61. The van der Waals surface area contributed by atoms with Crippen LogP contribution in [0, 0.1) is 3.57 Å². The van der Waals surface area contributed by atoms with Crippen LogP contribution in [0.3, 0.4) is 0 Å². The molecular formula is C19H20BrIN2O3. The second kappa shape index (κ2) is 10.5.